The van der Waals surface area contributed by atoms with Crippen molar-refractivity contribution in [2.45, 2.75) is 65.0 Å². The Morgan fingerprint density at radius 2 is 1.94 bits per heavy atom. The number of ether oxygens (including phenoxy) is 2. The average molecular weight is 447 g/mol. The molecule has 0 atom stereocenters. The third kappa shape index (κ3) is 11.7. The first-order valence-electron chi connectivity index (χ1n) is 11.5. The zero-order chi connectivity index (χ0) is 23.2. The predicted octanol–water partition coefficient (Wildman–Crippen LogP) is 3.42. The molecule has 0 spiro atoms. The van der Waals surface area contributed by atoms with Crippen molar-refractivity contribution in [1.29, 1.82) is 0 Å². The molecule has 1 aliphatic heterocycles. The number of rotatable bonds is 11. The van der Waals surface area contributed by atoms with Gasteiger partial charge in [-0.15, -0.1) is 0 Å². The molecule has 0 bridgehead atoms. The highest BCUT2D eigenvalue weighted by Gasteiger charge is 2.15. The van der Waals surface area contributed by atoms with Gasteiger partial charge in [0, 0.05) is 38.3 Å². The summed E-state index contributed by atoms with van der Waals surface area (Å²) in [6.45, 7) is 9.92. The molecule has 8 heteroatoms. The Bertz CT molecular complexity index is 740. The van der Waals surface area contributed by atoms with Gasteiger partial charge in [0.1, 0.15) is 12.2 Å². The molecule has 1 aromatic rings. The monoisotopic (exact) mass is 446 g/mol. The highest BCUT2D eigenvalue weighted by molar-refractivity contribution is 5.76. The van der Waals surface area contributed by atoms with Crippen LogP contribution >= 0.6 is 0 Å². The van der Waals surface area contributed by atoms with Crippen LogP contribution in [-0.4, -0.2) is 60.3 Å². The van der Waals surface area contributed by atoms with Gasteiger partial charge in [0.2, 0.25) is 11.8 Å². The van der Waals surface area contributed by atoms with E-state index in [-0.39, 0.29) is 5.91 Å². The topological polar surface area (TPSA) is 92.8 Å². The maximum absolute atomic E-state index is 11.8. The molecular formula is C24H38N4O4. The Kier molecular flexibility index (Phi) is 11.0. The van der Waals surface area contributed by atoms with Crippen LogP contribution in [0.15, 0.2) is 30.5 Å². The lowest BCUT2D eigenvalue weighted by Crippen LogP contribution is -2.33. The van der Waals surface area contributed by atoms with Gasteiger partial charge in [-0.05, 0) is 70.8 Å². The fraction of sp³-hybridized carbons (Fsp3) is 0.625. The van der Waals surface area contributed by atoms with Gasteiger partial charge in [0.15, 0.2) is 0 Å². The Labute approximate surface area is 191 Å². The SMILES string of the molecule is CC(C)(C)OC(=O)NCCCC(=O)NC/C=C\COc1cc(CN2CCCCC2)ccn1. The maximum Gasteiger partial charge on any atom is 0.407 e. The van der Waals surface area contributed by atoms with Crippen LogP contribution in [0.25, 0.3) is 0 Å². The number of pyridine rings is 1. The first-order valence-corrected chi connectivity index (χ1v) is 11.5. The van der Waals surface area contributed by atoms with E-state index in [1.165, 1.54) is 24.8 Å². The van der Waals surface area contributed by atoms with Crippen molar-refractivity contribution in [1.82, 2.24) is 20.5 Å². The van der Waals surface area contributed by atoms with E-state index >= 15 is 0 Å². The highest BCUT2D eigenvalue weighted by atomic mass is 16.6. The molecule has 1 fully saturated rings. The number of nitrogens with zero attached hydrogens (tertiary/aromatic N) is 2. The number of piperidine rings is 1. The van der Waals surface area contributed by atoms with Gasteiger partial charge in [0.25, 0.3) is 0 Å². The van der Waals surface area contributed by atoms with Crippen molar-refractivity contribution in [2.24, 2.45) is 0 Å². The molecule has 0 unspecified atom stereocenters. The highest BCUT2D eigenvalue weighted by Crippen LogP contribution is 2.15. The average Bonchev–Trinajstić information content (AvgIpc) is 2.73. The van der Waals surface area contributed by atoms with E-state index in [9.17, 15) is 9.59 Å². The fourth-order valence-electron chi connectivity index (χ4n) is 3.30. The van der Waals surface area contributed by atoms with Gasteiger partial charge in [-0.2, -0.15) is 0 Å². The molecule has 178 valence electrons. The summed E-state index contributed by atoms with van der Waals surface area (Å²) in [5, 5.41) is 5.46. The lowest BCUT2D eigenvalue weighted by atomic mass is 10.1. The second-order valence-corrected chi connectivity index (χ2v) is 8.96. The summed E-state index contributed by atoms with van der Waals surface area (Å²) in [6.07, 6.45) is 9.82. The van der Waals surface area contributed by atoms with Gasteiger partial charge in [0.05, 0.1) is 0 Å². The van der Waals surface area contributed by atoms with E-state index in [0.29, 0.717) is 38.4 Å². The van der Waals surface area contributed by atoms with Crippen molar-refractivity contribution < 1.29 is 19.1 Å². The van der Waals surface area contributed by atoms with Crippen molar-refractivity contribution in [2.75, 3.05) is 32.8 Å². The summed E-state index contributed by atoms with van der Waals surface area (Å²) in [6, 6.07) is 4.03. The minimum atomic E-state index is -0.524. The maximum atomic E-state index is 11.8. The Hall–Kier alpha value is -2.61. The number of nitrogens with one attached hydrogen (secondary N) is 2. The van der Waals surface area contributed by atoms with Crippen LogP contribution in [-0.2, 0) is 16.1 Å². The van der Waals surface area contributed by atoms with Crippen molar-refractivity contribution in [3.63, 3.8) is 0 Å². The zero-order valence-electron chi connectivity index (χ0n) is 19.7. The minimum absolute atomic E-state index is 0.0614. The van der Waals surface area contributed by atoms with Crippen molar-refractivity contribution >= 4 is 12.0 Å². The molecule has 1 aliphatic rings. The molecule has 0 aliphatic carbocycles. The molecule has 0 radical (unpaired) electrons. The van der Waals surface area contributed by atoms with Gasteiger partial charge >= 0.3 is 6.09 Å². The summed E-state index contributed by atoms with van der Waals surface area (Å²) < 4.78 is 10.8. The molecule has 2 rings (SSSR count). The van der Waals surface area contributed by atoms with E-state index in [0.717, 1.165) is 19.6 Å². The van der Waals surface area contributed by atoms with Crippen LogP contribution in [0.2, 0.25) is 0 Å². The van der Waals surface area contributed by atoms with Crippen LogP contribution in [0.5, 0.6) is 5.88 Å². The predicted molar refractivity (Wildman–Crippen MR) is 124 cm³/mol. The number of hydrogen-bond donors (Lipinski definition) is 2. The number of aromatic nitrogens is 1. The van der Waals surface area contributed by atoms with Gasteiger partial charge in [-0.25, -0.2) is 9.78 Å². The second-order valence-electron chi connectivity index (χ2n) is 8.96. The van der Waals surface area contributed by atoms with Crippen LogP contribution in [0.1, 0.15) is 58.4 Å². The van der Waals surface area contributed by atoms with E-state index in [2.05, 4.69) is 20.5 Å². The van der Waals surface area contributed by atoms with E-state index in [4.69, 9.17) is 9.47 Å². The number of amides is 2. The Balaban J connectivity index is 1.54. The number of likely N-dealkylation sites (tertiary alicyclic amines) is 1. The molecule has 0 saturated carbocycles. The quantitative estimate of drug-likeness (QED) is 0.400. The van der Waals surface area contributed by atoms with Gasteiger partial charge in [-0.1, -0.05) is 12.5 Å². The third-order valence-corrected chi connectivity index (χ3v) is 4.81. The first kappa shape index (κ1) is 25.6. The normalized spacial score (nSPS) is 14.8. The molecule has 2 heterocycles. The molecular weight excluding hydrogens is 408 g/mol. The number of hydrogen-bond acceptors (Lipinski definition) is 6. The molecule has 2 N–H and O–H groups in total. The summed E-state index contributed by atoms with van der Waals surface area (Å²) in [5.74, 6) is 0.555. The summed E-state index contributed by atoms with van der Waals surface area (Å²) in [4.78, 5) is 30.1. The zero-order valence-corrected chi connectivity index (χ0v) is 19.7. The smallest absolute Gasteiger partial charge is 0.407 e. The molecule has 32 heavy (non-hydrogen) atoms. The first-order chi connectivity index (χ1) is 15.3. The van der Waals surface area contributed by atoms with E-state index in [1.54, 1.807) is 6.20 Å². The van der Waals surface area contributed by atoms with E-state index < -0.39 is 11.7 Å². The summed E-state index contributed by atoms with van der Waals surface area (Å²) in [5.41, 5.74) is 0.693. The van der Waals surface area contributed by atoms with Crippen LogP contribution in [0.4, 0.5) is 4.79 Å². The number of carbonyl (C=O) groups excluding carboxylic acids is 2. The molecule has 0 aromatic carbocycles. The fourth-order valence-corrected chi connectivity index (χ4v) is 3.30. The largest absolute Gasteiger partial charge is 0.473 e. The van der Waals surface area contributed by atoms with Gasteiger partial charge < -0.3 is 20.1 Å². The van der Waals surface area contributed by atoms with E-state index in [1.807, 2.05) is 45.1 Å². The lowest BCUT2D eigenvalue weighted by Gasteiger charge is -2.26. The number of alkyl carbamates (subject to hydrolysis) is 1. The van der Waals surface area contributed by atoms with Gasteiger partial charge in [-0.3, -0.25) is 9.69 Å². The van der Waals surface area contributed by atoms with Crippen LogP contribution < -0.4 is 15.4 Å². The minimum Gasteiger partial charge on any atom is -0.473 e. The summed E-state index contributed by atoms with van der Waals surface area (Å²) in [7, 11) is 0. The molecule has 1 saturated heterocycles. The Morgan fingerprint density at radius 3 is 2.69 bits per heavy atom. The molecule has 2 amide bonds. The summed E-state index contributed by atoms with van der Waals surface area (Å²) >= 11 is 0. The van der Waals surface area contributed by atoms with Crippen molar-refractivity contribution in [3.05, 3.63) is 36.0 Å². The standard InChI is InChI=1S/C24H38N4O4/c1-24(2,3)32-23(30)27-13-9-10-21(29)25-12-5-8-17-31-22-18-20(11-14-26-22)19-28-15-6-4-7-16-28/h5,8,11,14,18H,4,6-7,9-10,12-13,15-17,19H2,1-3H3,(H,25,29)(H,27,30)/b8-5-. The number of carbonyl (C=O) groups is 2. The third-order valence-electron chi connectivity index (χ3n) is 4.81. The van der Waals surface area contributed by atoms with Crippen molar-refractivity contribution in [3.8, 4) is 5.88 Å². The van der Waals surface area contributed by atoms with Crippen LogP contribution in [0.3, 0.4) is 0 Å². The molecule has 8 nitrogen and oxygen atoms in total. The van der Waals surface area contributed by atoms with Crippen LogP contribution in [0, 0.1) is 0 Å². The Morgan fingerprint density at radius 1 is 1.16 bits per heavy atom. The lowest BCUT2D eigenvalue weighted by molar-refractivity contribution is -0.120. The second kappa shape index (κ2) is 13.7. The molecule has 1 aromatic heterocycles.